The molecule has 206 valence electrons. The molecule has 0 fully saturated rings. The minimum atomic E-state index is -1.26. The number of carboxylic acid groups (broad SMARTS) is 1. The van der Waals surface area contributed by atoms with Gasteiger partial charge in [-0.15, -0.1) is 0 Å². The number of carbonyl (C=O) groups excluding carboxylic acids is 5. The Labute approximate surface area is 214 Å². The molecule has 0 aliphatic heterocycles. The highest BCUT2D eigenvalue weighted by Gasteiger charge is 2.30. The summed E-state index contributed by atoms with van der Waals surface area (Å²) >= 11 is 1.42. The maximum absolute atomic E-state index is 13.0. The first-order chi connectivity index (χ1) is 16.9. The highest BCUT2D eigenvalue weighted by Crippen LogP contribution is 2.07. The van der Waals surface area contributed by atoms with Gasteiger partial charge in [0.1, 0.15) is 18.1 Å². The zero-order valence-corrected chi connectivity index (χ0v) is 21.3. The molecule has 36 heavy (non-hydrogen) atoms. The number of nitrogens with two attached hydrogens (primary N) is 4. The summed E-state index contributed by atoms with van der Waals surface area (Å²) in [7, 11) is 0. The molecule has 12 N–H and O–H groups in total. The van der Waals surface area contributed by atoms with E-state index >= 15 is 0 Å². The van der Waals surface area contributed by atoms with Crippen molar-refractivity contribution in [1.82, 2.24) is 16.0 Å². The molecule has 4 atom stereocenters. The van der Waals surface area contributed by atoms with Crippen molar-refractivity contribution in [1.29, 1.82) is 0 Å². The van der Waals surface area contributed by atoms with Gasteiger partial charge in [-0.3, -0.25) is 24.0 Å². The van der Waals surface area contributed by atoms with Gasteiger partial charge in [-0.05, 0) is 57.1 Å². The van der Waals surface area contributed by atoms with Crippen LogP contribution < -0.4 is 38.9 Å². The first-order valence-electron chi connectivity index (χ1n) is 11.6. The molecule has 0 rings (SSSR count). The van der Waals surface area contributed by atoms with E-state index in [9.17, 15) is 33.9 Å². The van der Waals surface area contributed by atoms with E-state index in [1.807, 2.05) is 0 Å². The Morgan fingerprint density at radius 3 is 1.75 bits per heavy atom. The Balaban J connectivity index is 5.53. The first kappa shape index (κ1) is 33.1. The lowest BCUT2D eigenvalue weighted by molar-refractivity contribution is -0.142. The van der Waals surface area contributed by atoms with Crippen molar-refractivity contribution in [2.45, 2.75) is 75.5 Å². The van der Waals surface area contributed by atoms with Crippen LogP contribution in [0, 0.1) is 0 Å². The summed E-state index contributed by atoms with van der Waals surface area (Å²) in [6.07, 6.45) is 2.58. The predicted octanol–water partition coefficient (Wildman–Crippen LogP) is -2.73. The third-order valence-corrected chi connectivity index (χ3v) is 5.80. The zero-order chi connectivity index (χ0) is 27.7. The molecule has 0 radical (unpaired) electrons. The van der Waals surface area contributed by atoms with Crippen molar-refractivity contribution in [3.8, 4) is 0 Å². The summed E-state index contributed by atoms with van der Waals surface area (Å²) in [5.74, 6) is -4.31. The molecule has 0 saturated heterocycles. The lowest BCUT2D eigenvalue weighted by Gasteiger charge is -2.25. The number of amides is 5. The van der Waals surface area contributed by atoms with Gasteiger partial charge < -0.3 is 44.0 Å². The van der Waals surface area contributed by atoms with Crippen molar-refractivity contribution in [3.05, 3.63) is 0 Å². The number of nitrogens with one attached hydrogen (secondary N) is 3. The maximum Gasteiger partial charge on any atom is 0.326 e. The zero-order valence-electron chi connectivity index (χ0n) is 20.5. The SMILES string of the molecule is CSCCC(NC(=O)C(CCCCN)NC(=O)C(CCC(N)=O)NC(=O)C(N)CCC(N)=O)C(=O)O. The van der Waals surface area contributed by atoms with Crippen LogP contribution in [-0.4, -0.2) is 83.3 Å². The smallest absolute Gasteiger partial charge is 0.326 e. The van der Waals surface area contributed by atoms with E-state index in [1.165, 1.54) is 11.8 Å². The van der Waals surface area contributed by atoms with E-state index in [0.29, 0.717) is 25.1 Å². The molecule has 0 aromatic carbocycles. The van der Waals surface area contributed by atoms with Gasteiger partial charge in [-0.2, -0.15) is 11.8 Å². The van der Waals surface area contributed by atoms with E-state index in [2.05, 4.69) is 16.0 Å². The third kappa shape index (κ3) is 14.5. The molecular weight excluding hydrogens is 494 g/mol. The highest BCUT2D eigenvalue weighted by molar-refractivity contribution is 7.98. The summed E-state index contributed by atoms with van der Waals surface area (Å²) in [5.41, 5.74) is 21.5. The van der Waals surface area contributed by atoms with Crippen LogP contribution in [-0.2, 0) is 28.8 Å². The number of primary amides is 2. The molecule has 0 bridgehead atoms. The van der Waals surface area contributed by atoms with Crippen molar-refractivity contribution in [2.24, 2.45) is 22.9 Å². The van der Waals surface area contributed by atoms with Gasteiger partial charge >= 0.3 is 5.97 Å². The maximum atomic E-state index is 13.0. The first-order valence-corrected chi connectivity index (χ1v) is 13.0. The van der Waals surface area contributed by atoms with E-state index < -0.39 is 59.7 Å². The summed E-state index contributed by atoms with van der Waals surface area (Å²) < 4.78 is 0. The van der Waals surface area contributed by atoms with Crippen LogP contribution in [0.4, 0.5) is 0 Å². The lowest BCUT2D eigenvalue weighted by atomic mass is 10.0. The van der Waals surface area contributed by atoms with Crippen LogP contribution in [0.2, 0.25) is 0 Å². The third-order valence-electron chi connectivity index (χ3n) is 5.16. The quantitative estimate of drug-likeness (QED) is 0.0748. The summed E-state index contributed by atoms with van der Waals surface area (Å²) in [6, 6.07) is -4.66. The van der Waals surface area contributed by atoms with Crippen LogP contribution in [0.1, 0.15) is 51.4 Å². The van der Waals surface area contributed by atoms with Gasteiger partial charge in [-0.25, -0.2) is 4.79 Å². The second-order valence-electron chi connectivity index (χ2n) is 8.20. The lowest BCUT2D eigenvalue weighted by Crippen LogP contribution is -2.57. The molecule has 14 nitrogen and oxygen atoms in total. The van der Waals surface area contributed by atoms with Gasteiger partial charge in [0, 0.05) is 12.8 Å². The van der Waals surface area contributed by atoms with Crippen LogP contribution >= 0.6 is 11.8 Å². The molecule has 0 aliphatic rings. The van der Waals surface area contributed by atoms with Crippen LogP contribution in [0.3, 0.4) is 0 Å². The van der Waals surface area contributed by atoms with Gasteiger partial charge in [0.15, 0.2) is 0 Å². The minimum Gasteiger partial charge on any atom is -0.480 e. The van der Waals surface area contributed by atoms with Crippen molar-refractivity contribution in [2.75, 3.05) is 18.6 Å². The number of unbranched alkanes of at least 4 members (excludes halogenated alkanes) is 1. The second kappa shape index (κ2) is 18.4. The molecule has 0 saturated carbocycles. The number of aliphatic carboxylic acids is 1. The Morgan fingerprint density at radius 2 is 1.25 bits per heavy atom. The van der Waals surface area contributed by atoms with Gasteiger partial charge in [0.2, 0.25) is 29.5 Å². The Kier molecular flexibility index (Phi) is 16.9. The number of rotatable bonds is 20. The second-order valence-corrected chi connectivity index (χ2v) is 9.19. The fourth-order valence-corrected chi connectivity index (χ4v) is 3.53. The average Bonchev–Trinajstić information content (AvgIpc) is 2.81. The number of thioether (sulfide) groups is 1. The summed E-state index contributed by atoms with van der Waals surface area (Å²) in [5, 5.41) is 16.8. The molecular formula is C21H39N7O7S. The van der Waals surface area contributed by atoms with Crippen molar-refractivity contribution >= 4 is 47.3 Å². The van der Waals surface area contributed by atoms with Gasteiger partial charge in [-0.1, -0.05) is 0 Å². The Hall–Kier alpha value is -2.91. The largest absolute Gasteiger partial charge is 0.480 e. The van der Waals surface area contributed by atoms with Crippen molar-refractivity contribution < 1.29 is 33.9 Å². The van der Waals surface area contributed by atoms with E-state index in [0.717, 1.165) is 0 Å². The highest BCUT2D eigenvalue weighted by atomic mass is 32.2. The molecule has 4 unspecified atom stereocenters. The number of carbonyl (C=O) groups is 6. The molecule has 5 amide bonds. The fourth-order valence-electron chi connectivity index (χ4n) is 3.06. The Morgan fingerprint density at radius 1 is 0.750 bits per heavy atom. The Bertz CT molecular complexity index is 769. The average molecular weight is 534 g/mol. The fraction of sp³-hybridized carbons (Fsp3) is 0.714. The normalized spacial score (nSPS) is 14.1. The minimum absolute atomic E-state index is 0.0535. The molecule has 0 heterocycles. The van der Waals surface area contributed by atoms with Gasteiger partial charge in [0.05, 0.1) is 6.04 Å². The molecule has 0 aliphatic carbocycles. The number of hydrogen-bond donors (Lipinski definition) is 8. The summed E-state index contributed by atoms with van der Waals surface area (Å²) in [4.78, 5) is 72.0. The van der Waals surface area contributed by atoms with Crippen LogP contribution in [0.5, 0.6) is 0 Å². The summed E-state index contributed by atoms with van der Waals surface area (Å²) in [6.45, 7) is 0.355. The number of hydrogen-bond acceptors (Lipinski definition) is 9. The topological polar surface area (TPSA) is 263 Å². The van der Waals surface area contributed by atoms with Crippen LogP contribution in [0.25, 0.3) is 0 Å². The predicted molar refractivity (Wildman–Crippen MR) is 134 cm³/mol. The standard InChI is InChI=1S/C21H39N7O7S/c1-36-11-9-15(21(34)35)28-19(32)13(4-2-3-10-22)27-20(33)14(6-8-17(25)30)26-18(31)12(23)5-7-16(24)29/h12-15H,2-11,22-23H2,1H3,(H2,24,29)(H2,25,30)(H,26,31)(H,27,33)(H,28,32)(H,34,35). The van der Waals surface area contributed by atoms with E-state index in [-0.39, 0.29) is 38.5 Å². The van der Waals surface area contributed by atoms with Gasteiger partial charge in [0.25, 0.3) is 0 Å². The number of carboxylic acids is 1. The monoisotopic (exact) mass is 533 g/mol. The van der Waals surface area contributed by atoms with Crippen molar-refractivity contribution in [3.63, 3.8) is 0 Å². The van der Waals surface area contributed by atoms with E-state index in [4.69, 9.17) is 22.9 Å². The molecule has 0 aromatic heterocycles. The molecule has 0 spiro atoms. The van der Waals surface area contributed by atoms with E-state index in [1.54, 1.807) is 6.26 Å². The molecule has 0 aromatic rings. The van der Waals surface area contributed by atoms with Crippen LogP contribution in [0.15, 0.2) is 0 Å². The molecule has 15 heteroatoms.